The minimum atomic E-state index is -0.904. The van der Waals surface area contributed by atoms with Gasteiger partial charge in [0.25, 0.3) is 0 Å². The van der Waals surface area contributed by atoms with Crippen LogP contribution < -0.4 is 0 Å². The molecule has 0 radical (unpaired) electrons. The molecule has 0 saturated heterocycles. The van der Waals surface area contributed by atoms with Crippen molar-refractivity contribution >= 4 is 22.7 Å². The first-order chi connectivity index (χ1) is 17.9. The van der Waals surface area contributed by atoms with Gasteiger partial charge in [0.1, 0.15) is 0 Å². The summed E-state index contributed by atoms with van der Waals surface area (Å²) in [6, 6.07) is 23.3. The number of ether oxygens (including phenoxy) is 1. The van der Waals surface area contributed by atoms with E-state index >= 15 is 0 Å². The standard InChI is InChI=1S/C33H35NO3/c1-5-6-7-8-9-25-13-17-26(18-14-25)31-21-29(28-20-23(3)12-19-30(28)34-31)33(36)37-24(4)32(35)27-15-10-22(2)11-16-27/h10-21,24H,5-9H2,1-4H3/t24-/m1/s1. The number of Topliss-reactive ketones (excluding diaryl/α,β-unsaturated/α-hetero) is 1. The van der Waals surface area contributed by atoms with Crippen molar-refractivity contribution in [3.63, 3.8) is 0 Å². The lowest BCUT2D eigenvalue weighted by Gasteiger charge is -2.15. The van der Waals surface area contributed by atoms with E-state index in [0.29, 0.717) is 16.8 Å². The summed E-state index contributed by atoms with van der Waals surface area (Å²) in [5.41, 5.74) is 6.70. The van der Waals surface area contributed by atoms with Gasteiger partial charge in [-0.3, -0.25) is 4.79 Å². The highest BCUT2D eigenvalue weighted by Crippen LogP contribution is 2.27. The molecule has 37 heavy (non-hydrogen) atoms. The Morgan fingerprint density at radius 1 is 0.838 bits per heavy atom. The van der Waals surface area contributed by atoms with Crippen molar-refractivity contribution in [2.75, 3.05) is 0 Å². The molecule has 4 nitrogen and oxygen atoms in total. The highest BCUT2D eigenvalue weighted by Gasteiger charge is 2.23. The van der Waals surface area contributed by atoms with Crippen LogP contribution in [0.3, 0.4) is 0 Å². The molecule has 3 aromatic carbocycles. The van der Waals surface area contributed by atoms with Gasteiger partial charge in [0, 0.05) is 16.5 Å². The molecule has 1 aromatic heterocycles. The molecule has 4 aromatic rings. The molecule has 190 valence electrons. The number of benzene rings is 3. The van der Waals surface area contributed by atoms with Gasteiger partial charge in [-0.05, 0) is 57.4 Å². The molecule has 0 aliphatic heterocycles. The normalized spacial score (nSPS) is 11.9. The molecule has 0 saturated carbocycles. The lowest BCUT2D eigenvalue weighted by molar-refractivity contribution is 0.0320. The van der Waals surface area contributed by atoms with E-state index in [9.17, 15) is 9.59 Å². The third-order valence-electron chi connectivity index (χ3n) is 6.74. The average molecular weight is 494 g/mol. The Labute approximate surface area is 219 Å². The SMILES string of the molecule is CCCCCCc1ccc(-c2cc(C(=O)O[C@H](C)C(=O)c3ccc(C)cc3)c3cc(C)ccc3n2)cc1. The number of hydrogen-bond acceptors (Lipinski definition) is 4. The molecule has 0 bridgehead atoms. The van der Waals surface area contributed by atoms with Crippen LogP contribution in [0.25, 0.3) is 22.2 Å². The van der Waals surface area contributed by atoms with Crippen molar-refractivity contribution in [2.45, 2.75) is 65.9 Å². The van der Waals surface area contributed by atoms with Crippen LogP contribution in [0.2, 0.25) is 0 Å². The number of hydrogen-bond donors (Lipinski definition) is 0. The second-order valence-corrected chi connectivity index (χ2v) is 9.86. The molecule has 0 unspecified atom stereocenters. The van der Waals surface area contributed by atoms with Gasteiger partial charge in [-0.25, -0.2) is 9.78 Å². The van der Waals surface area contributed by atoms with Crippen LogP contribution in [0.4, 0.5) is 0 Å². The van der Waals surface area contributed by atoms with Crippen LogP contribution >= 0.6 is 0 Å². The van der Waals surface area contributed by atoms with Gasteiger partial charge in [-0.15, -0.1) is 0 Å². The van der Waals surface area contributed by atoms with E-state index in [2.05, 4.69) is 31.2 Å². The number of esters is 1. The van der Waals surface area contributed by atoms with Crippen molar-refractivity contribution in [3.05, 3.63) is 101 Å². The maximum absolute atomic E-state index is 13.4. The number of carbonyl (C=O) groups is 2. The van der Waals surface area contributed by atoms with E-state index in [-0.39, 0.29) is 5.78 Å². The summed E-state index contributed by atoms with van der Waals surface area (Å²) < 4.78 is 5.69. The number of unbranched alkanes of at least 4 members (excludes halogenated alkanes) is 3. The summed E-state index contributed by atoms with van der Waals surface area (Å²) in [5.74, 6) is -0.752. The number of rotatable bonds is 10. The highest BCUT2D eigenvalue weighted by atomic mass is 16.5. The second kappa shape index (κ2) is 12.0. The van der Waals surface area contributed by atoms with E-state index in [1.165, 1.54) is 31.2 Å². The molecular formula is C33H35NO3. The van der Waals surface area contributed by atoms with Gasteiger partial charge in [0.05, 0.1) is 16.8 Å². The molecule has 0 aliphatic carbocycles. The van der Waals surface area contributed by atoms with Gasteiger partial charge >= 0.3 is 5.97 Å². The van der Waals surface area contributed by atoms with Gasteiger partial charge in [-0.2, -0.15) is 0 Å². The highest BCUT2D eigenvalue weighted by molar-refractivity contribution is 6.07. The fourth-order valence-corrected chi connectivity index (χ4v) is 4.48. The van der Waals surface area contributed by atoms with Crippen molar-refractivity contribution in [2.24, 2.45) is 0 Å². The summed E-state index contributed by atoms with van der Waals surface area (Å²) in [6.45, 7) is 7.78. The number of fused-ring (bicyclic) bond motifs is 1. The third kappa shape index (κ3) is 6.51. The van der Waals surface area contributed by atoms with E-state index in [4.69, 9.17) is 9.72 Å². The van der Waals surface area contributed by atoms with Crippen LogP contribution in [-0.2, 0) is 11.2 Å². The molecule has 1 heterocycles. The van der Waals surface area contributed by atoms with E-state index < -0.39 is 12.1 Å². The van der Waals surface area contributed by atoms with Gasteiger partial charge in [-0.1, -0.05) is 91.9 Å². The smallest absolute Gasteiger partial charge is 0.339 e. The van der Waals surface area contributed by atoms with Gasteiger partial charge in [0.2, 0.25) is 5.78 Å². The Bertz CT molecular complexity index is 1390. The molecule has 0 N–H and O–H groups in total. The monoisotopic (exact) mass is 493 g/mol. The van der Waals surface area contributed by atoms with E-state index in [1.807, 2.05) is 44.2 Å². The summed E-state index contributed by atoms with van der Waals surface area (Å²) in [7, 11) is 0. The first-order valence-electron chi connectivity index (χ1n) is 13.2. The number of aromatic nitrogens is 1. The summed E-state index contributed by atoms with van der Waals surface area (Å²) >= 11 is 0. The lowest BCUT2D eigenvalue weighted by Crippen LogP contribution is -2.24. The number of nitrogens with zero attached hydrogens (tertiary/aromatic N) is 1. The van der Waals surface area contributed by atoms with Gasteiger partial charge < -0.3 is 4.74 Å². The zero-order valence-corrected chi connectivity index (χ0v) is 22.2. The summed E-state index contributed by atoms with van der Waals surface area (Å²) in [6.07, 6.45) is 5.10. The maximum Gasteiger partial charge on any atom is 0.339 e. The van der Waals surface area contributed by atoms with Crippen LogP contribution in [0.1, 0.15) is 76.9 Å². The van der Waals surface area contributed by atoms with Crippen molar-refractivity contribution in [3.8, 4) is 11.3 Å². The first kappa shape index (κ1) is 26.3. The van der Waals surface area contributed by atoms with Crippen molar-refractivity contribution in [1.82, 2.24) is 4.98 Å². The first-order valence-corrected chi connectivity index (χ1v) is 13.2. The molecule has 1 atom stereocenters. The van der Waals surface area contributed by atoms with Crippen LogP contribution in [0, 0.1) is 13.8 Å². The number of pyridine rings is 1. The quantitative estimate of drug-likeness (QED) is 0.127. The Kier molecular flexibility index (Phi) is 8.50. The number of ketones is 1. The summed E-state index contributed by atoms with van der Waals surface area (Å²) in [5, 5.41) is 0.719. The Morgan fingerprint density at radius 2 is 1.54 bits per heavy atom. The average Bonchev–Trinajstić information content (AvgIpc) is 2.91. The minimum Gasteiger partial charge on any atom is -0.451 e. The topological polar surface area (TPSA) is 56.3 Å². The number of aryl methyl sites for hydroxylation is 3. The zero-order valence-electron chi connectivity index (χ0n) is 22.2. The fourth-order valence-electron chi connectivity index (χ4n) is 4.48. The summed E-state index contributed by atoms with van der Waals surface area (Å²) in [4.78, 5) is 31.1. The van der Waals surface area contributed by atoms with E-state index in [0.717, 1.165) is 34.0 Å². The Balaban J connectivity index is 1.60. The predicted molar refractivity (Wildman–Crippen MR) is 150 cm³/mol. The van der Waals surface area contributed by atoms with Crippen LogP contribution in [0.5, 0.6) is 0 Å². The van der Waals surface area contributed by atoms with Gasteiger partial charge in [0.15, 0.2) is 6.10 Å². The molecular weight excluding hydrogens is 458 g/mol. The second-order valence-electron chi connectivity index (χ2n) is 9.86. The van der Waals surface area contributed by atoms with Crippen molar-refractivity contribution < 1.29 is 14.3 Å². The maximum atomic E-state index is 13.4. The fraction of sp³-hybridized carbons (Fsp3) is 0.303. The zero-order chi connectivity index (χ0) is 26.4. The lowest BCUT2D eigenvalue weighted by atomic mass is 10.0. The van der Waals surface area contributed by atoms with E-state index in [1.54, 1.807) is 25.1 Å². The van der Waals surface area contributed by atoms with Crippen molar-refractivity contribution in [1.29, 1.82) is 0 Å². The van der Waals surface area contributed by atoms with Crippen LogP contribution in [0.15, 0.2) is 72.8 Å². The minimum absolute atomic E-state index is 0.224. The number of carbonyl (C=O) groups excluding carboxylic acids is 2. The molecule has 4 rings (SSSR count). The molecule has 0 spiro atoms. The Morgan fingerprint density at radius 3 is 2.24 bits per heavy atom. The Hall–Kier alpha value is -3.79. The third-order valence-corrected chi connectivity index (χ3v) is 6.74. The molecule has 0 aliphatic rings. The molecule has 0 fully saturated rings. The largest absolute Gasteiger partial charge is 0.451 e. The van der Waals surface area contributed by atoms with Crippen LogP contribution in [-0.4, -0.2) is 22.8 Å². The molecule has 0 amide bonds. The predicted octanol–water partition coefficient (Wildman–Crippen LogP) is 8.07. The molecule has 4 heteroatoms.